The van der Waals surface area contributed by atoms with Crippen LogP contribution in [0.1, 0.15) is 42.5 Å². The molecule has 0 aliphatic carbocycles. The van der Waals surface area contributed by atoms with Crippen LogP contribution < -0.4 is 5.32 Å². The molecule has 4 nitrogen and oxygen atoms in total. The van der Waals surface area contributed by atoms with Crippen molar-refractivity contribution in [3.8, 4) is 0 Å². The maximum absolute atomic E-state index is 13.8. The number of carbonyl (C=O) groups is 2. The van der Waals surface area contributed by atoms with E-state index >= 15 is 0 Å². The standard InChI is InChI=1S/C29H32Cl2N2O2/c1-4-21(3)32-29(35)27(17-22-9-6-5-7-10-22)33(19-24-25(30)11-8-12-26(24)31)28(34)18-23-15-13-20(2)14-16-23/h5-16,21,27H,4,17-19H2,1-3H3,(H,32,35)/t21-,27+/m0/s1. The Morgan fingerprint density at radius 1 is 0.886 bits per heavy atom. The van der Waals surface area contributed by atoms with E-state index in [4.69, 9.17) is 23.2 Å². The largest absolute Gasteiger partial charge is 0.352 e. The molecule has 0 radical (unpaired) electrons. The number of hydrogen-bond acceptors (Lipinski definition) is 2. The van der Waals surface area contributed by atoms with Gasteiger partial charge in [-0.3, -0.25) is 9.59 Å². The Morgan fingerprint density at radius 3 is 2.11 bits per heavy atom. The highest BCUT2D eigenvalue weighted by molar-refractivity contribution is 6.36. The fraction of sp³-hybridized carbons (Fsp3) is 0.310. The molecule has 3 aromatic rings. The molecule has 0 unspecified atom stereocenters. The lowest BCUT2D eigenvalue weighted by molar-refractivity contribution is -0.141. The second kappa shape index (κ2) is 12.8. The lowest BCUT2D eigenvalue weighted by atomic mass is 10.0. The third-order valence-corrected chi connectivity index (χ3v) is 6.85. The molecule has 3 aromatic carbocycles. The molecule has 35 heavy (non-hydrogen) atoms. The predicted molar refractivity (Wildman–Crippen MR) is 144 cm³/mol. The summed E-state index contributed by atoms with van der Waals surface area (Å²) in [5, 5.41) is 4.00. The van der Waals surface area contributed by atoms with Gasteiger partial charge >= 0.3 is 0 Å². The van der Waals surface area contributed by atoms with Crippen LogP contribution in [0.15, 0.2) is 72.8 Å². The van der Waals surface area contributed by atoms with E-state index in [1.807, 2.05) is 75.4 Å². The van der Waals surface area contributed by atoms with Crippen LogP contribution >= 0.6 is 23.2 Å². The minimum Gasteiger partial charge on any atom is -0.352 e. The fourth-order valence-corrected chi connectivity index (χ4v) is 4.35. The van der Waals surface area contributed by atoms with Gasteiger partial charge in [0.05, 0.1) is 6.42 Å². The Bertz CT molecular complexity index is 1110. The summed E-state index contributed by atoms with van der Waals surface area (Å²) >= 11 is 13.0. The predicted octanol–water partition coefficient (Wildman–Crippen LogP) is 6.40. The van der Waals surface area contributed by atoms with Gasteiger partial charge in [-0.2, -0.15) is 0 Å². The van der Waals surface area contributed by atoms with Gasteiger partial charge in [0.15, 0.2) is 0 Å². The van der Waals surface area contributed by atoms with E-state index < -0.39 is 6.04 Å². The zero-order chi connectivity index (χ0) is 25.4. The fourth-order valence-electron chi connectivity index (χ4n) is 3.83. The average molecular weight is 511 g/mol. The Balaban J connectivity index is 2.01. The number of aryl methyl sites for hydroxylation is 1. The van der Waals surface area contributed by atoms with E-state index in [9.17, 15) is 9.59 Å². The van der Waals surface area contributed by atoms with E-state index in [0.717, 1.165) is 23.1 Å². The molecule has 0 bridgehead atoms. The monoisotopic (exact) mass is 510 g/mol. The number of halogens is 2. The maximum atomic E-state index is 13.8. The van der Waals surface area contributed by atoms with Crippen LogP contribution in [0.25, 0.3) is 0 Å². The number of hydrogen-bond donors (Lipinski definition) is 1. The molecule has 2 atom stereocenters. The summed E-state index contributed by atoms with van der Waals surface area (Å²) in [6, 6.07) is 22.1. The molecule has 0 saturated carbocycles. The second-order valence-electron chi connectivity index (χ2n) is 8.91. The summed E-state index contributed by atoms with van der Waals surface area (Å²) in [5.74, 6) is -0.353. The number of carbonyl (C=O) groups excluding carboxylic acids is 2. The van der Waals surface area contributed by atoms with Gasteiger partial charge in [0.25, 0.3) is 0 Å². The molecule has 0 aliphatic rings. The molecule has 6 heteroatoms. The summed E-state index contributed by atoms with van der Waals surface area (Å²) in [6.07, 6.45) is 1.34. The van der Waals surface area contributed by atoms with Crippen LogP contribution in [-0.2, 0) is 29.0 Å². The molecule has 0 spiro atoms. The Kier molecular flexibility index (Phi) is 9.76. The van der Waals surface area contributed by atoms with Crippen molar-refractivity contribution in [2.45, 2.75) is 58.7 Å². The van der Waals surface area contributed by atoms with Crippen molar-refractivity contribution in [1.82, 2.24) is 10.2 Å². The van der Waals surface area contributed by atoms with Crippen LogP contribution in [0.2, 0.25) is 10.0 Å². The Labute approximate surface area is 218 Å². The lowest BCUT2D eigenvalue weighted by Gasteiger charge is -2.33. The highest BCUT2D eigenvalue weighted by atomic mass is 35.5. The summed E-state index contributed by atoms with van der Waals surface area (Å²) < 4.78 is 0. The average Bonchev–Trinajstić information content (AvgIpc) is 2.84. The second-order valence-corrected chi connectivity index (χ2v) is 9.72. The van der Waals surface area contributed by atoms with Gasteiger partial charge in [-0.05, 0) is 43.5 Å². The van der Waals surface area contributed by atoms with Gasteiger partial charge < -0.3 is 10.2 Å². The van der Waals surface area contributed by atoms with Gasteiger partial charge in [-0.25, -0.2) is 0 Å². The normalized spacial score (nSPS) is 12.6. The molecule has 0 saturated heterocycles. The van der Waals surface area contributed by atoms with Gasteiger partial charge in [-0.15, -0.1) is 0 Å². The first kappa shape index (κ1) is 26.8. The van der Waals surface area contributed by atoms with Crippen molar-refractivity contribution in [2.75, 3.05) is 0 Å². The molecular formula is C29H32Cl2N2O2. The molecule has 0 aliphatic heterocycles. The first-order valence-electron chi connectivity index (χ1n) is 11.9. The van der Waals surface area contributed by atoms with E-state index in [-0.39, 0.29) is 30.8 Å². The third-order valence-electron chi connectivity index (χ3n) is 6.14. The lowest BCUT2D eigenvalue weighted by Crippen LogP contribution is -2.52. The topological polar surface area (TPSA) is 49.4 Å². The number of benzene rings is 3. The smallest absolute Gasteiger partial charge is 0.243 e. The van der Waals surface area contributed by atoms with Gasteiger partial charge in [0, 0.05) is 34.6 Å². The minimum absolute atomic E-state index is 0.0151. The van der Waals surface area contributed by atoms with Crippen molar-refractivity contribution < 1.29 is 9.59 Å². The highest BCUT2D eigenvalue weighted by Gasteiger charge is 2.31. The Morgan fingerprint density at radius 2 is 1.51 bits per heavy atom. The van der Waals surface area contributed by atoms with E-state index in [2.05, 4.69) is 5.32 Å². The molecule has 2 amide bonds. The van der Waals surface area contributed by atoms with Crippen LogP contribution in [0.4, 0.5) is 0 Å². The minimum atomic E-state index is -0.725. The van der Waals surface area contributed by atoms with Crippen LogP contribution in [0, 0.1) is 6.92 Å². The van der Waals surface area contributed by atoms with E-state index in [1.165, 1.54) is 0 Å². The molecule has 0 fully saturated rings. The SMILES string of the molecule is CC[C@H](C)NC(=O)[C@@H](Cc1ccccc1)N(Cc1c(Cl)cccc1Cl)C(=O)Cc1ccc(C)cc1. The maximum Gasteiger partial charge on any atom is 0.243 e. The number of amides is 2. The first-order chi connectivity index (χ1) is 16.8. The summed E-state index contributed by atoms with van der Waals surface area (Å²) in [7, 11) is 0. The summed E-state index contributed by atoms with van der Waals surface area (Å²) in [5.41, 5.74) is 3.60. The number of nitrogens with one attached hydrogen (secondary N) is 1. The Hall–Kier alpha value is -2.82. The molecule has 1 N–H and O–H groups in total. The van der Waals surface area contributed by atoms with Crippen LogP contribution in [0.5, 0.6) is 0 Å². The van der Waals surface area contributed by atoms with Gasteiger partial charge in [0.1, 0.15) is 6.04 Å². The zero-order valence-corrected chi connectivity index (χ0v) is 21.9. The molecule has 184 valence electrons. The molecular weight excluding hydrogens is 479 g/mol. The van der Waals surface area contributed by atoms with Crippen LogP contribution in [-0.4, -0.2) is 28.8 Å². The molecule has 0 aromatic heterocycles. The van der Waals surface area contributed by atoms with Gasteiger partial charge in [0.2, 0.25) is 11.8 Å². The third kappa shape index (κ3) is 7.58. The first-order valence-corrected chi connectivity index (χ1v) is 12.7. The highest BCUT2D eigenvalue weighted by Crippen LogP contribution is 2.27. The van der Waals surface area contributed by atoms with Crippen molar-refractivity contribution in [1.29, 1.82) is 0 Å². The van der Waals surface area contributed by atoms with Crippen molar-refractivity contribution in [3.05, 3.63) is 105 Å². The van der Waals surface area contributed by atoms with Gasteiger partial charge in [-0.1, -0.05) is 96.4 Å². The number of rotatable bonds is 10. The van der Waals surface area contributed by atoms with Crippen molar-refractivity contribution in [2.24, 2.45) is 0 Å². The quantitative estimate of drug-likeness (QED) is 0.343. The summed E-state index contributed by atoms with van der Waals surface area (Å²) in [6.45, 7) is 6.11. The molecule has 0 heterocycles. The zero-order valence-electron chi connectivity index (χ0n) is 20.4. The van der Waals surface area contributed by atoms with E-state index in [0.29, 0.717) is 22.0 Å². The summed E-state index contributed by atoms with van der Waals surface area (Å²) in [4.78, 5) is 28.9. The molecule has 3 rings (SSSR count). The van der Waals surface area contributed by atoms with Crippen molar-refractivity contribution >= 4 is 35.0 Å². The van der Waals surface area contributed by atoms with Crippen LogP contribution in [0.3, 0.4) is 0 Å². The van der Waals surface area contributed by atoms with Crippen molar-refractivity contribution in [3.63, 3.8) is 0 Å². The van der Waals surface area contributed by atoms with E-state index in [1.54, 1.807) is 23.1 Å². The number of nitrogens with zero attached hydrogens (tertiary/aromatic N) is 1.